The van der Waals surface area contributed by atoms with E-state index >= 15 is 0 Å². The molecule has 4 aromatic heterocycles. The molecular formula is C13H12N6OS. The summed E-state index contributed by atoms with van der Waals surface area (Å²) in [6.07, 6.45) is 2.25. The number of thiophene rings is 1. The second-order valence-corrected chi connectivity index (χ2v) is 5.71. The van der Waals surface area contributed by atoms with Crippen LogP contribution in [0, 0.1) is 0 Å². The van der Waals surface area contributed by atoms with E-state index in [1.807, 2.05) is 12.1 Å². The average Bonchev–Trinajstić information content (AvgIpc) is 3.16. The number of hydrogen-bond acceptors (Lipinski definition) is 6. The number of aromatic nitrogens is 5. The monoisotopic (exact) mass is 300 g/mol. The Hall–Kier alpha value is -2.45. The summed E-state index contributed by atoms with van der Waals surface area (Å²) in [5, 5.41) is 16.0. The molecule has 7 nitrogen and oxygen atoms in total. The molecule has 21 heavy (non-hydrogen) atoms. The standard InChI is InChI=1S/C13H12N6OS/c14-13-11-10(17-9(18-11)2-4-20)12-7(16-13)5-8(21-12)6-1-3-15-19-6/h1,3,5,20H,2,4H2,(H2,14,16)(H,15,19)(H,17,18). The Labute approximate surface area is 122 Å². The quantitative estimate of drug-likeness (QED) is 0.459. The van der Waals surface area contributed by atoms with Crippen molar-refractivity contribution in [2.45, 2.75) is 6.42 Å². The van der Waals surface area contributed by atoms with Gasteiger partial charge in [0, 0.05) is 12.6 Å². The molecule has 0 spiro atoms. The number of aromatic amines is 2. The van der Waals surface area contributed by atoms with Crippen LogP contribution in [0.4, 0.5) is 5.82 Å². The second kappa shape index (κ2) is 4.54. The predicted molar refractivity (Wildman–Crippen MR) is 82.1 cm³/mol. The first-order valence-electron chi connectivity index (χ1n) is 6.45. The van der Waals surface area contributed by atoms with E-state index in [0.717, 1.165) is 26.3 Å². The zero-order chi connectivity index (χ0) is 14.4. The Morgan fingerprint density at radius 3 is 3.00 bits per heavy atom. The number of nitrogens with zero attached hydrogens (tertiary/aromatic N) is 3. The van der Waals surface area contributed by atoms with E-state index in [9.17, 15) is 0 Å². The normalized spacial score (nSPS) is 11.7. The molecule has 4 heterocycles. The van der Waals surface area contributed by atoms with Crippen LogP contribution in [0.1, 0.15) is 5.82 Å². The van der Waals surface area contributed by atoms with Crippen molar-refractivity contribution in [2.75, 3.05) is 12.3 Å². The third kappa shape index (κ3) is 1.88. The van der Waals surface area contributed by atoms with Crippen molar-refractivity contribution >= 4 is 38.4 Å². The highest BCUT2D eigenvalue weighted by molar-refractivity contribution is 7.23. The number of pyridine rings is 1. The van der Waals surface area contributed by atoms with Gasteiger partial charge in [0.05, 0.1) is 27.2 Å². The highest BCUT2D eigenvalue weighted by Gasteiger charge is 2.15. The number of aliphatic hydroxyl groups excluding tert-OH is 1. The summed E-state index contributed by atoms with van der Waals surface area (Å²) in [6, 6.07) is 3.88. The number of hydrogen-bond donors (Lipinski definition) is 4. The molecule has 0 aliphatic rings. The molecule has 4 rings (SSSR count). The van der Waals surface area contributed by atoms with E-state index in [1.165, 1.54) is 0 Å². The van der Waals surface area contributed by atoms with E-state index in [-0.39, 0.29) is 6.61 Å². The number of aliphatic hydroxyl groups is 1. The number of nitrogens with two attached hydrogens (primary N) is 1. The van der Waals surface area contributed by atoms with Gasteiger partial charge in [0.25, 0.3) is 0 Å². The van der Waals surface area contributed by atoms with E-state index in [0.29, 0.717) is 23.6 Å². The van der Waals surface area contributed by atoms with Gasteiger partial charge in [-0.15, -0.1) is 11.3 Å². The molecule has 0 atom stereocenters. The van der Waals surface area contributed by atoms with Gasteiger partial charge in [-0.3, -0.25) is 5.10 Å². The molecule has 0 bridgehead atoms. The molecule has 106 valence electrons. The van der Waals surface area contributed by atoms with Gasteiger partial charge < -0.3 is 15.8 Å². The van der Waals surface area contributed by atoms with Crippen LogP contribution in [0.15, 0.2) is 18.3 Å². The van der Waals surface area contributed by atoms with Crippen molar-refractivity contribution < 1.29 is 5.11 Å². The molecule has 0 saturated carbocycles. The topological polar surface area (TPSA) is 116 Å². The van der Waals surface area contributed by atoms with Crippen molar-refractivity contribution in [1.82, 2.24) is 25.1 Å². The molecule has 0 radical (unpaired) electrons. The third-order valence-electron chi connectivity index (χ3n) is 3.28. The third-order valence-corrected chi connectivity index (χ3v) is 4.44. The number of imidazole rings is 1. The molecule has 0 aliphatic heterocycles. The summed E-state index contributed by atoms with van der Waals surface area (Å²) in [6.45, 7) is 0.0409. The average molecular weight is 300 g/mol. The maximum absolute atomic E-state index is 9.04. The summed E-state index contributed by atoms with van der Waals surface area (Å²) in [5.41, 5.74) is 9.21. The number of nitrogens with one attached hydrogen (secondary N) is 2. The van der Waals surface area contributed by atoms with Crippen molar-refractivity contribution in [3.05, 3.63) is 24.2 Å². The first-order chi connectivity index (χ1) is 10.3. The molecular weight excluding hydrogens is 288 g/mol. The maximum atomic E-state index is 9.04. The fraction of sp³-hybridized carbons (Fsp3) is 0.154. The zero-order valence-corrected chi connectivity index (χ0v) is 11.7. The van der Waals surface area contributed by atoms with Crippen LogP contribution in [0.3, 0.4) is 0 Å². The minimum absolute atomic E-state index is 0.0409. The Kier molecular flexibility index (Phi) is 2.66. The first kappa shape index (κ1) is 12.3. The summed E-state index contributed by atoms with van der Waals surface area (Å²) in [5.74, 6) is 1.10. The molecule has 0 unspecified atom stereocenters. The molecule has 0 saturated heterocycles. The number of rotatable bonds is 3. The molecule has 5 N–H and O–H groups in total. The summed E-state index contributed by atoms with van der Waals surface area (Å²) in [7, 11) is 0. The fourth-order valence-corrected chi connectivity index (χ4v) is 3.41. The van der Waals surface area contributed by atoms with Gasteiger partial charge in [0.1, 0.15) is 17.0 Å². The van der Waals surface area contributed by atoms with Crippen molar-refractivity contribution in [3.8, 4) is 10.6 Å². The lowest BCUT2D eigenvalue weighted by Crippen LogP contribution is -1.93. The largest absolute Gasteiger partial charge is 0.396 e. The Balaban J connectivity index is 1.99. The van der Waals surface area contributed by atoms with Crippen LogP contribution in [0.25, 0.3) is 31.8 Å². The smallest absolute Gasteiger partial charge is 0.152 e. The van der Waals surface area contributed by atoms with Crippen molar-refractivity contribution in [2.24, 2.45) is 0 Å². The first-order valence-corrected chi connectivity index (χ1v) is 7.26. The van der Waals surface area contributed by atoms with Crippen LogP contribution in [0.5, 0.6) is 0 Å². The van der Waals surface area contributed by atoms with Crippen molar-refractivity contribution in [3.63, 3.8) is 0 Å². The lowest BCUT2D eigenvalue weighted by atomic mass is 10.3. The number of H-pyrrole nitrogens is 2. The van der Waals surface area contributed by atoms with E-state index < -0.39 is 0 Å². The molecule has 8 heteroatoms. The van der Waals surface area contributed by atoms with Gasteiger partial charge in [-0.05, 0) is 12.1 Å². The van der Waals surface area contributed by atoms with Crippen LogP contribution < -0.4 is 5.73 Å². The highest BCUT2D eigenvalue weighted by Crippen LogP contribution is 2.36. The van der Waals surface area contributed by atoms with E-state index in [2.05, 4.69) is 25.1 Å². The molecule has 0 fully saturated rings. The zero-order valence-electron chi connectivity index (χ0n) is 10.9. The second-order valence-electron chi connectivity index (χ2n) is 4.66. The van der Waals surface area contributed by atoms with Gasteiger partial charge in [-0.2, -0.15) is 5.10 Å². The Bertz CT molecular complexity index is 923. The van der Waals surface area contributed by atoms with Crippen LogP contribution >= 0.6 is 11.3 Å². The molecule has 0 amide bonds. The van der Waals surface area contributed by atoms with Gasteiger partial charge >= 0.3 is 0 Å². The maximum Gasteiger partial charge on any atom is 0.152 e. The number of anilines is 1. The van der Waals surface area contributed by atoms with E-state index in [1.54, 1.807) is 17.5 Å². The Morgan fingerprint density at radius 1 is 1.33 bits per heavy atom. The lowest BCUT2D eigenvalue weighted by molar-refractivity contribution is 0.297. The van der Waals surface area contributed by atoms with Crippen LogP contribution in [-0.2, 0) is 6.42 Å². The van der Waals surface area contributed by atoms with Gasteiger partial charge in [0.15, 0.2) is 5.82 Å². The number of nitrogen functional groups attached to an aromatic ring is 1. The van der Waals surface area contributed by atoms with Gasteiger partial charge in [0.2, 0.25) is 0 Å². The molecule has 0 aromatic carbocycles. The summed E-state index contributed by atoms with van der Waals surface area (Å²) in [4.78, 5) is 13.1. The summed E-state index contributed by atoms with van der Waals surface area (Å²) >= 11 is 1.59. The minimum atomic E-state index is 0.0409. The van der Waals surface area contributed by atoms with E-state index in [4.69, 9.17) is 10.8 Å². The molecule has 0 aliphatic carbocycles. The summed E-state index contributed by atoms with van der Waals surface area (Å²) < 4.78 is 0.994. The van der Waals surface area contributed by atoms with Crippen LogP contribution in [0.2, 0.25) is 0 Å². The van der Waals surface area contributed by atoms with Gasteiger partial charge in [-0.1, -0.05) is 0 Å². The number of fused-ring (bicyclic) bond motifs is 3. The van der Waals surface area contributed by atoms with Crippen LogP contribution in [-0.4, -0.2) is 36.9 Å². The van der Waals surface area contributed by atoms with Crippen molar-refractivity contribution in [1.29, 1.82) is 0 Å². The Morgan fingerprint density at radius 2 is 2.24 bits per heavy atom. The minimum Gasteiger partial charge on any atom is -0.396 e. The SMILES string of the molecule is Nc1nc2cc(-c3cc[nH]n3)sc2c2[nH]c(CCO)nc12. The highest BCUT2D eigenvalue weighted by atomic mass is 32.1. The predicted octanol–water partition coefficient (Wildman–Crippen LogP) is 1.68. The van der Waals surface area contributed by atoms with Gasteiger partial charge in [-0.25, -0.2) is 9.97 Å². The molecule has 4 aromatic rings. The fourth-order valence-electron chi connectivity index (χ4n) is 2.35. The lowest BCUT2D eigenvalue weighted by Gasteiger charge is -1.94.